The van der Waals surface area contributed by atoms with Gasteiger partial charge in [0.1, 0.15) is 0 Å². The molecule has 106 valence electrons. The predicted octanol–water partition coefficient (Wildman–Crippen LogP) is 1.69. The van der Waals surface area contributed by atoms with Crippen LogP contribution in [0.4, 0.5) is 4.79 Å². The fraction of sp³-hybridized carbons (Fsp3) is 0.357. The van der Waals surface area contributed by atoms with Gasteiger partial charge in [0.05, 0.1) is 17.8 Å². The molecule has 0 aliphatic heterocycles. The molecular weight excluding hydrogens is 258 g/mol. The maximum atomic E-state index is 11.7. The third kappa shape index (κ3) is 4.08. The molecule has 1 heterocycles. The van der Waals surface area contributed by atoms with Crippen LogP contribution in [0.3, 0.4) is 0 Å². The van der Waals surface area contributed by atoms with Gasteiger partial charge in [-0.2, -0.15) is 0 Å². The van der Waals surface area contributed by atoms with Crippen LogP contribution in [0.15, 0.2) is 30.5 Å². The van der Waals surface area contributed by atoms with Gasteiger partial charge in [0.2, 0.25) is 0 Å². The molecule has 0 bridgehead atoms. The summed E-state index contributed by atoms with van der Waals surface area (Å²) in [5.41, 5.74) is 0.679. The van der Waals surface area contributed by atoms with Crippen molar-refractivity contribution in [3.8, 4) is 0 Å². The van der Waals surface area contributed by atoms with Crippen molar-refractivity contribution in [2.45, 2.75) is 31.8 Å². The first-order valence-corrected chi connectivity index (χ1v) is 6.53. The highest BCUT2D eigenvalue weighted by molar-refractivity contribution is 5.87. The van der Waals surface area contributed by atoms with E-state index in [1.807, 2.05) is 0 Å². The highest BCUT2D eigenvalue weighted by atomic mass is 16.4. The molecule has 1 aromatic rings. The van der Waals surface area contributed by atoms with Gasteiger partial charge < -0.3 is 15.7 Å². The lowest BCUT2D eigenvalue weighted by Crippen LogP contribution is -2.42. The SMILES string of the molecule is O=C(NCc1cc(C(=O)O)ccn1)NC1CC=CCC1. The number of aromatic nitrogens is 1. The summed E-state index contributed by atoms with van der Waals surface area (Å²) in [6.45, 7) is 0.204. The Balaban J connectivity index is 1.82. The van der Waals surface area contributed by atoms with E-state index in [1.54, 1.807) is 0 Å². The van der Waals surface area contributed by atoms with E-state index in [-0.39, 0.29) is 24.2 Å². The average molecular weight is 275 g/mol. The number of hydrogen-bond donors (Lipinski definition) is 3. The molecule has 3 N–H and O–H groups in total. The molecule has 6 heteroatoms. The van der Waals surface area contributed by atoms with Crippen molar-refractivity contribution in [1.82, 2.24) is 15.6 Å². The Hall–Kier alpha value is -2.37. The molecule has 1 unspecified atom stereocenters. The number of rotatable bonds is 4. The van der Waals surface area contributed by atoms with Crippen LogP contribution in [0.2, 0.25) is 0 Å². The number of urea groups is 1. The maximum absolute atomic E-state index is 11.7. The van der Waals surface area contributed by atoms with Gasteiger partial charge in [-0.05, 0) is 31.4 Å². The van der Waals surface area contributed by atoms with Crippen molar-refractivity contribution in [1.29, 1.82) is 0 Å². The van der Waals surface area contributed by atoms with E-state index in [0.29, 0.717) is 5.69 Å². The minimum atomic E-state index is -1.01. The van der Waals surface area contributed by atoms with Crippen LogP contribution in [-0.4, -0.2) is 28.1 Å². The molecule has 0 fully saturated rings. The zero-order chi connectivity index (χ0) is 14.4. The molecule has 1 aromatic heterocycles. The summed E-state index contributed by atoms with van der Waals surface area (Å²) in [5.74, 6) is -1.01. The van der Waals surface area contributed by atoms with Crippen molar-refractivity contribution in [2.24, 2.45) is 0 Å². The maximum Gasteiger partial charge on any atom is 0.335 e. The molecule has 1 atom stereocenters. The molecule has 0 spiro atoms. The zero-order valence-corrected chi connectivity index (χ0v) is 11.0. The first-order chi connectivity index (χ1) is 9.65. The van der Waals surface area contributed by atoms with E-state index in [9.17, 15) is 9.59 Å². The van der Waals surface area contributed by atoms with Crippen LogP contribution >= 0.6 is 0 Å². The Bertz CT molecular complexity index is 528. The summed E-state index contributed by atoms with van der Waals surface area (Å²) in [7, 11) is 0. The standard InChI is InChI=1S/C14H17N3O3/c18-13(19)10-6-7-15-12(8-10)9-16-14(20)17-11-4-2-1-3-5-11/h1-2,6-8,11H,3-5,9H2,(H,18,19)(H2,16,17,20). The normalized spacial score (nSPS) is 17.5. The number of hydrogen-bond acceptors (Lipinski definition) is 3. The number of carbonyl (C=O) groups is 2. The third-order valence-corrected chi connectivity index (χ3v) is 3.10. The number of nitrogens with one attached hydrogen (secondary N) is 2. The van der Waals surface area contributed by atoms with Crippen molar-refractivity contribution in [2.75, 3.05) is 0 Å². The zero-order valence-electron chi connectivity index (χ0n) is 11.0. The first-order valence-electron chi connectivity index (χ1n) is 6.53. The number of carboxylic acids is 1. The van der Waals surface area contributed by atoms with Crippen molar-refractivity contribution in [3.05, 3.63) is 41.7 Å². The van der Waals surface area contributed by atoms with Gasteiger partial charge >= 0.3 is 12.0 Å². The third-order valence-electron chi connectivity index (χ3n) is 3.10. The van der Waals surface area contributed by atoms with Crippen molar-refractivity contribution >= 4 is 12.0 Å². The van der Waals surface area contributed by atoms with E-state index in [4.69, 9.17) is 5.11 Å². The number of amides is 2. The lowest BCUT2D eigenvalue weighted by molar-refractivity contribution is 0.0696. The largest absolute Gasteiger partial charge is 0.478 e. The smallest absolute Gasteiger partial charge is 0.335 e. The number of pyridine rings is 1. The van der Waals surface area contributed by atoms with Crippen molar-refractivity contribution < 1.29 is 14.7 Å². The minimum absolute atomic E-state index is 0.162. The van der Waals surface area contributed by atoms with Crippen LogP contribution in [0, 0.1) is 0 Å². The molecule has 0 saturated carbocycles. The highest BCUT2D eigenvalue weighted by Gasteiger charge is 2.12. The Kier molecular flexibility index (Phi) is 4.70. The lowest BCUT2D eigenvalue weighted by Gasteiger charge is -2.19. The van der Waals surface area contributed by atoms with Crippen LogP contribution in [0.25, 0.3) is 0 Å². The van der Waals surface area contributed by atoms with Crippen LogP contribution in [0.5, 0.6) is 0 Å². The monoisotopic (exact) mass is 275 g/mol. The molecule has 0 aromatic carbocycles. The topological polar surface area (TPSA) is 91.3 Å². The van der Waals surface area contributed by atoms with Gasteiger partial charge in [0.25, 0.3) is 0 Å². The summed E-state index contributed by atoms with van der Waals surface area (Å²) < 4.78 is 0. The van der Waals surface area contributed by atoms with Crippen LogP contribution in [0.1, 0.15) is 35.3 Å². The molecule has 6 nitrogen and oxygen atoms in total. The van der Waals surface area contributed by atoms with Gasteiger partial charge in [-0.15, -0.1) is 0 Å². The molecule has 2 rings (SSSR count). The summed E-state index contributed by atoms with van der Waals surface area (Å²) in [5, 5.41) is 14.4. The van der Waals surface area contributed by atoms with Crippen molar-refractivity contribution in [3.63, 3.8) is 0 Å². The van der Waals surface area contributed by atoms with Gasteiger partial charge in [0.15, 0.2) is 0 Å². The molecule has 0 radical (unpaired) electrons. The first kappa shape index (κ1) is 14.0. The van der Waals surface area contributed by atoms with E-state index in [0.717, 1.165) is 19.3 Å². The van der Waals surface area contributed by atoms with E-state index in [2.05, 4.69) is 27.8 Å². The second-order valence-corrected chi connectivity index (χ2v) is 4.65. The molecule has 1 aliphatic rings. The summed E-state index contributed by atoms with van der Waals surface area (Å²) >= 11 is 0. The summed E-state index contributed by atoms with van der Waals surface area (Å²) in [6.07, 6.45) is 8.36. The number of aromatic carboxylic acids is 1. The second kappa shape index (κ2) is 6.70. The molecule has 1 aliphatic carbocycles. The van der Waals surface area contributed by atoms with Gasteiger partial charge in [0, 0.05) is 12.2 Å². The van der Waals surface area contributed by atoms with Gasteiger partial charge in [-0.25, -0.2) is 9.59 Å². The Labute approximate surface area is 116 Å². The Morgan fingerprint density at radius 1 is 1.40 bits per heavy atom. The fourth-order valence-electron chi connectivity index (χ4n) is 2.04. The Morgan fingerprint density at radius 2 is 2.25 bits per heavy atom. The van der Waals surface area contributed by atoms with E-state index >= 15 is 0 Å². The van der Waals surface area contributed by atoms with Crippen LogP contribution < -0.4 is 10.6 Å². The number of carboxylic acid groups (broad SMARTS) is 1. The predicted molar refractivity (Wildman–Crippen MR) is 73.3 cm³/mol. The second-order valence-electron chi connectivity index (χ2n) is 4.65. The minimum Gasteiger partial charge on any atom is -0.478 e. The molecular formula is C14H17N3O3. The fourth-order valence-corrected chi connectivity index (χ4v) is 2.04. The molecule has 20 heavy (non-hydrogen) atoms. The average Bonchev–Trinajstić information content (AvgIpc) is 2.46. The summed E-state index contributed by atoms with van der Waals surface area (Å²) in [6, 6.07) is 2.78. The molecule has 0 saturated heterocycles. The number of allylic oxidation sites excluding steroid dienone is 1. The molecule has 2 amide bonds. The quantitative estimate of drug-likeness (QED) is 0.729. The Morgan fingerprint density at radius 3 is 2.95 bits per heavy atom. The number of carbonyl (C=O) groups excluding carboxylic acids is 1. The lowest BCUT2D eigenvalue weighted by atomic mass is 10.0. The van der Waals surface area contributed by atoms with E-state index in [1.165, 1.54) is 18.3 Å². The highest BCUT2D eigenvalue weighted by Crippen LogP contribution is 2.10. The van der Waals surface area contributed by atoms with Gasteiger partial charge in [-0.1, -0.05) is 12.2 Å². The summed E-state index contributed by atoms with van der Waals surface area (Å²) in [4.78, 5) is 26.6. The van der Waals surface area contributed by atoms with Gasteiger partial charge in [-0.3, -0.25) is 4.98 Å². The van der Waals surface area contributed by atoms with Crippen LogP contribution in [-0.2, 0) is 6.54 Å². The van der Waals surface area contributed by atoms with E-state index < -0.39 is 5.97 Å². The number of nitrogens with zero attached hydrogens (tertiary/aromatic N) is 1.